The highest BCUT2D eigenvalue weighted by Crippen LogP contribution is 2.70. The number of fused-ring (bicyclic) bond motifs is 5. The second kappa shape index (κ2) is 8.20. The van der Waals surface area contributed by atoms with E-state index in [2.05, 4.69) is 0 Å². The lowest BCUT2D eigenvalue weighted by Gasteiger charge is -2.63. The average Bonchev–Trinajstić information content (AvgIpc) is 3.03. The van der Waals surface area contributed by atoms with Gasteiger partial charge >= 0.3 is 11.9 Å². The van der Waals surface area contributed by atoms with Crippen molar-refractivity contribution in [3.8, 4) is 0 Å². The monoisotopic (exact) mass is 514 g/mol. The lowest BCUT2D eigenvalue weighted by Crippen LogP contribution is -2.70. The summed E-state index contributed by atoms with van der Waals surface area (Å²) in [6.07, 6.45) is -1.52. The molecule has 0 spiro atoms. The lowest BCUT2D eigenvalue weighted by molar-refractivity contribution is -0.228. The predicted octanol–water partition coefficient (Wildman–Crippen LogP) is 3.31. The van der Waals surface area contributed by atoms with Crippen molar-refractivity contribution in [1.82, 2.24) is 0 Å². The first-order chi connectivity index (χ1) is 16.1. The van der Waals surface area contributed by atoms with Crippen LogP contribution < -0.4 is 0 Å². The van der Waals surface area contributed by atoms with Crippen LogP contribution in [-0.4, -0.2) is 58.8 Å². The fourth-order valence-corrected chi connectivity index (χ4v) is 7.73. The van der Waals surface area contributed by atoms with Gasteiger partial charge in [-0.1, -0.05) is 18.5 Å². The van der Waals surface area contributed by atoms with Crippen molar-refractivity contribution in [2.45, 2.75) is 76.9 Å². The molecule has 8 atom stereocenters. The average molecular weight is 515 g/mol. The number of esters is 2. The Morgan fingerprint density at radius 3 is 2.46 bits per heavy atom. The van der Waals surface area contributed by atoms with Crippen LogP contribution in [0.3, 0.4) is 0 Å². The van der Waals surface area contributed by atoms with Crippen LogP contribution in [0.1, 0.15) is 53.4 Å². The Balaban J connectivity index is 1.82. The Morgan fingerprint density at radius 2 is 1.86 bits per heavy atom. The van der Waals surface area contributed by atoms with Crippen LogP contribution in [0.25, 0.3) is 0 Å². The summed E-state index contributed by atoms with van der Waals surface area (Å²) in [4.78, 5) is 48.9. The summed E-state index contributed by atoms with van der Waals surface area (Å²) in [7, 11) is 0. The van der Waals surface area contributed by atoms with Gasteiger partial charge in [0.05, 0.1) is 11.1 Å². The third kappa shape index (κ3) is 3.37. The summed E-state index contributed by atoms with van der Waals surface area (Å²) in [6.45, 7) is 4.69. The van der Waals surface area contributed by atoms with Crippen molar-refractivity contribution in [2.24, 2.45) is 22.7 Å². The van der Waals surface area contributed by atoms with Gasteiger partial charge in [-0.3, -0.25) is 19.2 Å². The molecule has 0 aromatic heterocycles. The lowest BCUT2D eigenvalue weighted by atomic mass is 9.44. The highest BCUT2D eigenvalue weighted by atomic mass is 35.5. The Bertz CT molecular complexity index is 1070. The SMILES string of the molecule is CC(=O)OCC(=O)[C@@]1(OC(C)=O)CC[C@H]2[C@@H]3C[C@H](F)C4=CC(=O)C(Cl)=C[C@]4(C)[C@@]3(F)[C@@H](O)C[C@@]21C. The number of hydrogen-bond donors (Lipinski definition) is 1. The second-order valence-corrected chi connectivity index (χ2v) is 11.1. The largest absolute Gasteiger partial charge is 0.458 e. The van der Waals surface area contributed by atoms with E-state index in [1.165, 1.54) is 13.0 Å². The number of rotatable bonds is 4. The normalized spacial score (nSPS) is 44.3. The molecule has 0 saturated heterocycles. The van der Waals surface area contributed by atoms with Crippen molar-refractivity contribution >= 4 is 35.1 Å². The van der Waals surface area contributed by atoms with Gasteiger partial charge in [0.1, 0.15) is 6.17 Å². The van der Waals surface area contributed by atoms with Crippen molar-refractivity contribution < 1.29 is 42.5 Å². The Kier molecular flexibility index (Phi) is 6.08. The van der Waals surface area contributed by atoms with Crippen molar-refractivity contribution in [2.75, 3.05) is 6.61 Å². The molecule has 0 heterocycles. The van der Waals surface area contributed by atoms with E-state index in [4.69, 9.17) is 21.1 Å². The van der Waals surface area contributed by atoms with Gasteiger partial charge in [-0.25, -0.2) is 8.78 Å². The molecule has 4 rings (SSSR count). The second-order valence-electron chi connectivity index (χ2n) is 10.6. The minimum absolute atomic E-state index is 0.0125. The van der Waals surface area contributed by atoms with E-state index in [0.29, 0.717) is 0 Å². The number of aliphatic hydroxyl groups is 1. The van der Waals surface area contributed by atoms with Crippen molar-refractivity contribution in [3.05, 3.63) is 22.8 Å². The Hall–Kier alpha value is -2.13. The molecule has 0 radical (unpaired) electrons. The molecule has 0 aromatic carbocycles. The van der Waals surface area contributed by atoms with Crippen LogP contribution in [0.2, 0.25) is 0 Å². The van der Waals surface area contributed by atoms with Gasteiger partial charge < -0.3 is 14.6 Å². The number of aliphatic hydroxyl groups excluding tert-OH is 1. The number of ketones is 2. The fourth-order valence-electron chi connectivity index (χ4n) is 7.46. The first-order valence-electron chi connectivity index (χ1n) is 11.7. The molecule has 10 heteroatoms. The van der Waals surface area contributed by atoms with Crippen molar-refractivity contribution in [3.63, 3.8) is 0 Å². The molecule has 0 aromatic rings. The molecule has 192 valence electrons. The van der Waals surface area contributed by atoms with E-state index in [0.717, 1.165) is 19.9 Å². The van der Waals surface area contributed by atoms with Crippen LogP contribution in [0.15, 0.2) is 22.8 Å². The van der Waals surface area contributed by atoms with E-state index in [1.807, 2.05) is 0 Å². The third-order valence-corrected chi connectivity index (χ3v) is 9.28. The first kappa shape index (κ1) is 25.9. The summed E-state index contributed by atoms with van der Waals surface area (Å²) in [5.41, 5.74) is -7.18. The number of Topliss-reactive ketones (excluding diaryl/α,β-unsaturated/α-hetero) is 1. The number of alkyl halides is 2. The summed E-state index contributed by atoms with van der Waals surface area (Å²) >= 11 is 6.06. The molecule has 1 N–H and O–H groups in total. The molecular weight excluding hydrogens is 486 g/mol. The maximum Gasteiger partial charge on any atom is 0.303 e. The predicted molar refractivity (Wildman–Crippen MR) is 120 cm³/mol. The zero-order valence-corrected chi connectivity index (χ0v) is 20.8. The summed E-state index contributed by atoms with van der Waals surface area (Å²) in [5.74, 6) is -4.46. The number of halogens is 3. The maximum absolute atomic E-state index is 17.2. The quantitative estimate of drug-likeness (QED) is 0.573. The molecule has 0 bridgehead atoms. The fraction of sp³-hybridized carbons (Fsp3) is 0.680. The van der Waals surface area contributed by atoms with Crippen LogP contribution >= 0.6 is 11.6 Å². The molecule has 4 aliphatic rings. The zero-order chi connectivity index (χ0) is 26.1. The van der Waals surface area contributed by atoms with Gasteiger partial charge in [-0.15, -0.1) is 0 Å². The summed E-state index contributed by atoms with van der Waals surface area (Å²) in [5, 5.41) is 11.1. The van der Waals surface area contributed by atoms with Crippen LogP contribution in [0.4, 0.5) is 8.78 Å². The van der Waals surface area contributed by atoms with Crippen LogP contribution in [0, 0.1) is 22.7 Å². The third-order valence-electron chi connectivity index (χ3n) is 8.98. The smallest absolute Gasteiger partial charge is 0.303 e. The minimum atomic E-state index is -2.39. The van der Waals surface area contributed by atoms with E-state index < -0.39 is 76.3 Å². The summed E-state index contributed by atoms with van der Waals surface area (Å²) in [6, 6.07) is 0. The molecule has 3 saturated carbocycles. The van der Waals surface area contributed by atoms with Gasteiger partial charge in [-0.2, -0.15) is 0 Å². The Labute approximate surface area is 206 Å². The van der Waals surface area contributed by atoms with Crippen LogP contribution in [-0.2, 0) is 28.7 Å². The minimum Gasteiger partial charge on any atom is -0.458 e. The maximum atomic E-state index is 17.2. The number of carbonyl (C=O) groups excluding carboxylic acids is 4. The van der Waals surface area contributed by atoms with Crippen LogP contribution in [0.5, 0.6) is 0 Å². The number of ether oxygens (including phenoxy) is 2. The number of carbonyl (C=O) groups is 4. The highest BCUT2D eigenvalue weighted by Gasteiger charge is 2.76. The van der Waals surface area contributed by atoms with Gasteiger partial charge in [-0.05, 0) is 56.3 Å². The summed E-state index contributed by atoms with van der Waals surface area (Å²) < 4.78 is 43.3. The van der Waals surface area contributed by atoms with E-state index in [1.54, 1.807) is 6.92 Å². The Morgan fingerprint density at radius 1 is 1.20 bits per heavy atom. The molecule has 0 amide bonds. The van der Waals surface area contributed by atoms with E-state index in [9.17, 15) is 24.3 Å². The van der Waals surface area contributed by atoms with E-state index in [-0.39, 0.29) is 36.3 Å². The molecule has 0 unspecified atom stereocenters. The number of hydrogen-bond acceptors (Lipinski definition) is 7. The topological polar surface area (TPSA) is 107 Å². The molecule has 35 heavy (non-hydrogen) atoms. The van der Waals surface area contributed by atoms with Gasteiger partial charge in [0.15, 0.2) is 23.7 Å². The van der Waals surface area contributed by atoms with Crippen molar-refractivity contribution in [1.29, 1.82) is 0 Å². The molecule has 3 fully saturated rings. The molecular formula is C25H29ClF2O7. The molecule has 7 nitrogen and oxygen atoms in total. The van der Waals surface area contributed by atoms with Gasteiger partial charge in [0.2, 0.25) is 5.78 Å². The van der Waals surface area contributed by atoms with Gasteiger partial charge in [0.25, 0.3) is 0 Å². The zero-order valence-electron chi connectivity index (χ0n) is 20.0. The van der Waals surface area contributed by atoms with Gasteiger partial charge in [0, 0.05) is 30.6 Å². The van der Waals surface area contributed by atoms with E-state index >= 15 is 8.78 Å². The first-order valence-corrected chi connectivity index (χ1v) is 12.0. The highest BCUT2D eigenvalue weighted by molar-refractivity contribution is 6.44. The molecule has 0 aliphatic heterocycles. The number of allylic oxidation sites excluding steroid dienone is 4. The molecule has 4 aliphatic carbocycles. The standard InChI is InChI=1S/C25H29ClF2O7/c1-12(29)34-11-21(33)24(35-13(2)30)6-5-14-15-7-18(27)16-8-19(31)17(26)9-23(16,4)25(15,28)20(32)10-22(14,24)3/h8-9,14-15,18,20,32H,5-7,10-11H2,1-4H3/t14-,15-,18-,20-,22-,23-,24-,25-/m0/s1.